The van der Waals surface area contributed by atoms with Crippen LogP contribution in [0.3, 0.4) is 0 Å². The lowest BCUT2D eigenvalue weighted by atomic mass is 10.3. The number of anilines is 1. The van der Waals surface area contributed by atoms with Crippen molar-refractivity contribution in [3.63, 3.8) is 0 Å². The van der Waals surface area contributed by atoms with E-state index in [4.69, 9.17) is 4.74 Å². The number of sulfonamides is 1. The molecule has 0 spiro atoms. The van der Waals surface area contributed by atoms with E-state index < -0.39 is 16.1 Å². The zero-order valence-electron chi connectivity index (χ0n) is 13.0. The van der Waals surface area contributed by atoms with E-state index in [9.17, 15) is 13.2 Å². The Hall–Kier alpha value is -2.20. The molecule has 2 aromatic heterocycles. The highest BCUT2D eigenvalue weighted by atomic mass is 32.2. The highest BCUT2D eigenvalue weighted by Gasteiger charge is 2.23. The van der Waals surface area contributed by atoms with Gasteiger partial charge in [-0.1, -0.05) is 0 Å². The van der Waals surface area contributed by atoms with Gasteiger partial charge in [-0.25, -0.2) is 22.9 Å². The molecule has 0 aliphatic heterocycles. The van der Waals surface area contributed by atoms with Gasteiger partial charge in [-0.05, 0) is 31.7 Å². The monoisotopic (exact) mass is 356 g/mol. The molecule has 0 radical (unpaired) electrons. The number of hydrogen-bond donors (Lipinski definition) is 2. The SMILES string of the molecule is COc1cc(C)nc(NC(=O)NS(=O)(=O)c2c(C)csc2C)n1. The van der Waals surface area contributed by atoms with Crippen LogP contribution in [-0.2, 0) is 10.0 Å². The van der Waals surface area contributed by atoms with Crippen molar-refractivity contribution in [3.05, 3.63) is 27.6 Å². The Bertz CT molecular complexity index is 826. The molecule has 0 fully saturated rings. The normalized spacial score (nSPS) is 11.1. The average molecular weight is 356 g/mol. The van der Waals surface area contributed by atoms with Gasteiger partial charge < -0.3 is 4.74 Å². The number of aryl methyl sites for hydroxylation is 3. The quantitative estimate of drug-likeness (QED) is 0.867. The number of carbonyl (C=O) groups is 1. The van der Waals surface area contributed by atoms with Crippen LogP contribution < -0.4 is 14.8 Å². The molecule has 124 valence electrons. The standard InChI is InChI=1S/C13H16N4O4S2/c1-7-6-22-9(3)11(7)23(19,20)17-13(18)16-12-14-8(2)5-10(15-12)21-4/h5-6H,1-4H3,(H2,14,15,16,17,18). The number of ether oxygens (including phenoxy) is 1. The molecule has 2 heterocycles. The number of nitrogens with zero attached hydrogens (tertiary/aromatic N) is 2. The molecule has 0 unspecified atom stereocenters. The van der Waals surface area contributed by atoms with Crippen molar-refractivity contribution in [2.45, 2.75) is 25.7 Å². The van der Waals surface area contributed by atoms with Gasteiger partial charge >= 0.3 is 6.03 Å². The molecule has 0 bridgehead atoms. The Morgan fingerprint density at radius 3 is 2.52 bits per heavy atom. The smallest absolute Gasteiger partial charge is 0.335 e. The van der Waals surface area contributed by atoms with Gasteiger partial charge in [0, 0.05) is 16.6 Å². The fraction of sp³-hybridized carbons (Fsp3) is 0.308. The minimum atomic E-state index is -3.96. The summed E-state index contributed by atoms with van der Waals surface area (Å²) in [5.74, 6) is 0.216. The van der Waals surface area contributed by atoms with Gasteiger partial charge in [-0.15, -0.1) is 11.3 Å². The predicted octanol–water partition coefficient (Wildman–Crippen LogP) is 1.98. The van der Waals surface area contributed by atoms with Crippen LogP contribution in [0.5, 0.6) is 5.88 Å². The second-order valence-corrected chi connectivity index (χ2v) is 7.44. The van der Waals surface area contributed by atoms with Crippen molar-refractivity contribution in [1.82, 2.24) is 14.7 Å². The van der Waals surface area contributed by atoms with Crippen molar-refractivity contribution < 1.29 is 17.9 Å². The third-order valence-corrected chi connectivity index (χ3v) is 5.63. The number of aromatic nitrogens is 2. The van der Waals surface area contributed by atoms with Crippen molar-refractivity contribution in [2.75, 3.05) is 12.4 Å². The summed E-state index contributed by atoms with van der Waals surface area (Å²) >= 11 is 1.30. The summed E-state index contributed by atoms with van der Waals surface area (Å²) in [6.07, 6.45) is 0. The van der Waals surface area contributed by atoms with Gasteiger partial charge in [0.25, 0.3) is 10.0 Å². The van der Waals surface area contributed by atoms with Crippen molar-refractivity contribution in [2.24, 2.45) is 0 Å². The number of rotatable bonds is 4. The minimum absolute atomic E-state index is 0.0479. The van der Waals surface area contributed by atoms with Crippen LogP contribution in [0.4, 0.5) is 10.7 Å². The largest absolute Gasteiger partial charge is 0.481 e. The minimum Gasteiger partial charge on any atom is -0.481 e. The second-order valence-electron chi connectivity index (χ2n) is 4.74. The van der Waals surface area contributed by atoms with E-state index in [1.807, 2.05) is 4.72 Å². The molecular formula is C13H16N4O4S2. The van der Waals surface area contributed by atoms with Gasteiger partial charge in [-0.3, -0.25) is 5.32 Å². The van der Waals surface area contributed by atoms with Crippen LogP contribution in [0.1, 0.15) is 16.1 Å². The van der Waals surface area contributed by atoms with E-state index in [0.717, 1.165) is 0 Å². The third kappa shape index (κ3) is 3.96. The third-order valence-electron chi connectivity index (χ3n) is 2.85. The fourth-order valence-corrected chi connectivity index (χ4v) is 4.51. The molecule has 0 aromatic carbocycles. The lowest BCUT2D eigenvalue weighted by Gasteiger charge is -2.09. The van der Waals surface area contributed by atoms with E-state index in [1.165, 1.54) is 18.4 Å². The van der Waals surface area contributed by atoms with Crippen LogP contribution in [0, 0.1) is 20.8 Å². The van der Waals surface area contributed by atoms with Crippen molar-refractivity contribution in [3.8, 4) is 5.88 Å². The van der Waals surface area contributed by atoms with E-state index in [1.54, 1.807) is 32.2 Å². The fourth-order valence-electron chi connectivity index (χ4n) is 1.96. The number of thiophene rings is 1. The van der Waals surface area contributed by atoms with Crippen LogP contribution in [0.2, 0.25) is 0 Å². The highest BCUT2D eigenvalue weighted by molar-refractivity contribution is 7.90. The van der Waals surface area contributed by atoms with Crippen molar-refractivity contribution in [1.29, 1.82) is 0 Å². The zero-order valence-corrected chi connectivity index (χ0v) is 14.6. The Morgan fingerprint density at radius 2 is 1.96 bits per heavy atom. The summed E-state index contributed by atoms with van der Waals surface area (Å²) in [6, 6.07) is 0.639. The van der Waals surface area contributed by atoms with E-state index >= 15 is 0 Å². The zero-order chi connectivity index (χ0) is 17.2. The lowest BCUT2D eigenvalue weighted by molar-refractivity contribution is 0.256. The molecule has 2 aromatic rings. The van der Waals surface area contributed by atoms with Crippen molar-refractivity contribution >= 4 is 33.3 Å². The predicted molar refractivity (Wildman–Crippen MR) is 86.5 cm³/mol. The molecule has 2 amide bonds. The average Bonchev–Trinajstić information content (AvgIpc) is 2.77. The molecule has 0 atom stereocenters. The Labute approximate surface area is 138 Å². The van der Waals surface area contributed by atoms with Crippen LogP contribution >= 0.6 is 11.3 Å². The highest BCUT2D eigenvalue weighted by Crippen LogP contribution is 2.25. The number of urea groups is 1. The number of carbonyl (C=O) groups excluding carboxylic acids is 1. The maximum absolute atomic E-state index is 12.3. The number of methoxy groups -OCH3 is 1. The second kappa shape index (κ2) is 6.50. The number of hydrogen-bond acceptors (Lipinski definition) is 7. The molecule has 0 saturated heterocycles. The molecule has 0 aliphatic carbocycles. The Kier molecular flexibility index (Phi) is 4.85. The maximum Gasteiger partial charge on any atom is 0.335 e. The van der Waals surface area contributed by atoms with Gasteiger partial charge in [0.15, 0.2) is 0 Å². The molecule has 2 rings (SSSR count). The summed E-state index contributed by atoms with van der Waals surface area (Å²) in [4.78, 5) is 20.6. The first-order chi connectivity index (χ1) is 10.7. The Morgan fingerprint density at radius 1 is 1.26 bits per heavy atom. The maximum atomic E-state index is 12.3. The van der Waals surface area contributed by atoms with E-state index in [2.05, 4.69) is 15.3 Å². The molecular weight excluding hydrogens is 340 g/mol. The summed E-state index contributed by atoms with van der Waals surface area (Å²) in [5, 5.41) is 4.01. The molecule has 8 nitrogen and oxygen atoms in total. The summed E-state index contributed by atoms with van der Waals surface area (Å²) in [5.41, 5.74) is 1.15. The van der Waals surface area contributed by atoms with Crippen LogP contribution in [0.25, 0.3) is 0 Å². The van der Waals surface area contributed by atoms with Gasteiger partial charge in [0.05, 0.1) is 7.11 Å². The summed E-state index contributed by atoms with van der Waals surface area (Å²) in [6.45, 7) is 5.05. The molecule has 23 heavy (non-hydrogen) atoms. The van der Waals surface area contributed by atoms with Crippen LogP contribution in [-0.4, -0.2) is 31.5 Å². The van der Waals surface area contributed by atoms with E-state index in [-0.39, 0.29) is 16.7 Å². The van der Waals surface area contributed by atoms with Gasteiger partial charge in [0.1, 0.15) is 4.90 Å². The first-order valence-electron chi connectivity index (χ1n) is 6.51. The molecule has 0 aliphatic rings. The summed E-state index contributed by atoms with van der Waals surface area (Å²) in [7, 11) is -2.53. The van der Waals surface area contributed by atoms with Crippen LogP contribution in [0.15, 0.2) is 16.3 Å². The van der Waals surface area contributed by atoms with Gasteiger partial charge in [-0.2, -0.15) is 4.98 Å². The van der Waals surface area contributed by atoms with E-state index in [0.29, 0.717) is 16.1 Å². The number of nitrogens with one attached hydrogen (secondary N) is 2. The van der Waals surface area contributed by atoms with Gasteiger partial charge in [0.2, 0.25) is 11.8 Å². The number of amides is 2. The Balaban J connectivity index is 2.18. The summed E-state index contributed by atoms with van der Waals surface area (Å²) < 4.78 is 31.5. The lowest BCUT2D eigenvalue weighted by Crippen LogP contribution is -2.35. The molecule has 2 N–H and O–H groups in total. The molecule has 10 heteroatoms. The topological polar surface area (TPSA) is 110 Å². The first kappa shape index (κ1) is 17.2. The molecule has 0 saturated carbocycles. The first-order valence-corrected chi connectivity index (χ1v) is 8.87.